The molecule has 78 valence electrons. The number of carbonyl (C=O) groups excluding carboxylic acids is 1. The lowest BCUT2D eigenvalue weighted by Gasteiger charge is -2.07. The summed E-state index contributed by atoms with van der Waals surface area (Å²) in [6.45, 7) is 3.55. The average Bonchev–Trinajstić information content (AvgIpc) is 2.21. The zero-order valence-corrected chi connectivity index (χ0v) is 10.1. The second kappa shape index (κ2) is 4.94. The van der Waals surface area contributed by atoms with Crippen LogP contribution in [0.5, 0.6) is 0 Å². The second-order valence-electron chi connectivity index (χ2n) is 3.29. The smallest absolute Gasteiger partial charge is 0.252 e. The predicted octanol–water partition coefficient (Wildman–Crippen LogP) is 2.40. The first-order chi connectivity index (χ1) is 7.04. The van der Waals surface area contributed by atoms with Crippen molar-refractivity contribution < 1.29 is 4.79 Å². The van der Waals surface area contributed by atoms with Gasteiger partial charge in [0.15, 0.2) is 0 Å². The molecule has 1 rings (SSSR count). The third-order valence-electron chi connectivity index (χ3n) is 1.96. The third-order valence-corrected chi connectivity index (χ3v) is 2.85. The number of hydrogen-bond acceptors (Lipinski definition) is 2. The Morgan fingerprint density at radius 3 is 2.80 bits per heavy atom. The number of nitrogens with one attached hydrogen (secondary N) is 1. The van der Waals surface area contributed by atoms with Gasteiger partial charge in [-0.3, -0.25) is 4.79 Å². The highest BCUT2D eigenvalue weighted by Gasteiger charge is 2.09. The van der Waals surface area contributed by atoms with Crippen LogP contribution in [-0.2, 0) is 0 Å². The van der Waals surface area contributed by atoms with Crippen molar-refractivity contribution in [2.75, 3.05) is 0 Å². The number of halogens is 1. The summed E-state index contributed by atoms with van der Waals surface area (Å²) >= 11 is 3.36. The van der Waals surface area contributed by atoms with Crippen LogP contribution in [0.3, 0.4) is 0 Å². The van der Waals surface area contributed by atoms with Crippen LogP contribution in [0.15, 0.2) is 22.7 Å². The first-order valence-corrected chi connectivity index (χ1v) is 5.30. The molecule has 0 aromatic heterocycles. The summed E-state index contributed by atoms with van der Waals surface area (Å²) in [6.07, 6.45) is 0. The Morgan fingerprint density at radius 2 is 2.27 bits per heavy atom. The summed E-state index contributed by atoms with van der Waals surface area (Å²) in [5.74, 6) is -0.223. The van der Waals surface area contributed by atoms with Crippen molar-refractivity contribution in [1.82, 2.24) is 5.32 Å². The van der Waals surface area contributed by atoms with Crippen LogP contribution in [0.25, 0.3) is 0 Å². The molecule has 3 nitrogen and oxygen atoms in total. The molecule has 15 heavy (non-hydrogen) atoms. The van der Waals surface area contributed by atoms with Crippen molar-refractivity contribution >= 4 is 21.8 Å². The van der Waals surface area contributed by atoms with Crippen molar-refractivity contribution in [2.24, 2.45) is 0 Å². The van der Waals surface area contributed by atoms with Gasteiger partial charge in [0, 0.05) is 10.0 Å². The van der Waals surface area contributed by atoms with Crippen molar-refractivity contribution in [3.05, 3.63) is 33.8 Å². The number of rotatable bonds is 2. The van der Waals surface area contributed by atoms with E-state index in [1.807, 2.05) is 19.1 Å². The molecule has 0 spiro atoms. The van der Waals surface area contributed by atoms with E-state index >= 15 is 0 Å². The molecule has 1 aromatic carbocycles. The summed E-state index contributed by atoms with van der Waals surface area (Å²) in [4.78, 5) is 11.6. The van der Waals surface area contributed by atoms with Gasteiger partial charge in [0.05, 0.1) is 6.07 Å². The van der Waals surface area contributed by atoms with E-state index in [0.29, 0.717) is 5.56 Å². The fraction of sp³-hybridized carbons (Fsp3) is 0.273. The third kappa shape index (κ3) is 3.07. The Balaban J connectivity index is 2.84. The largest absolute Gasteiger partial charge is 0.337 e. The van der Waals surface area contributed by atoms with E-state index < -0.39 is 6.04 Å². The van der Waals surface area contributed by atoms with E-state index in [1.54, 1.807) is 19.1 Å². The molecule has 1 aromatic rings. The van der Waals surface area contributed by atoms with Crippen molar-refractivity contribution in [3.8, 4) is 6.07 Å². The molecule has 0 fully saturated rings. The Bertz CT molecular complexity index is 423. The highest BCUT2D eigenvalue weighted by molar-refractivity contribution is 9.10. The average molecular weight is 267 g/mol. The number of carbonyl (C=O) groups is 1. The molecule has 0 radical (unpaired) electrons. The van der Waals surface area contributed by atoms with Gasteiger partial charge in [0.25, 0.3) is 5.91 Å². The predicted molar refractivity (Wildman–Crippen MR) is 61.4 cm³/mol. The highest BCUT2D eigenvalue weighted by atomic mass is 79.9. The van der Waals surface area contributed by atoms with Crippen LogP contribution in [0.1, 0.15) is 22.8 Å². The number of benzene rings is 1. The minimum absolute atomic E-state index is 0.223. The van der Waals surface area contributed by atoms with Crippen LogP contribution >= 0.6 is 15.9 Å². The molecule has 1 atom stereocenters. The molecule has 0 bridgehead atoms. The molecule has 0 aliphatic heterocycles. The Morgan fingerprint density at radius 1 is 1.60 bits per heavy atom. The quantitative estimate of drug-likeness (QED) is 0.894. The summed E-state index contributed by atoms with van der Waals surface area (Å²) in [7, 11) is 0. The molecule has 4 heteroatoms. The molecule has 0 aliphatic rings. The van der Waals surface area contributed by atoms with E-state index in [9.17, 15) is 4.79 Å². The number of nitrogens with zero attached hydrogens (tertiary/aromatic N) is 1. The van der Waals surface area contributed by atoms with Crippen LogP contribution in [0.2, 0.25) is 0 Å². The topological polar surface area (TPSA) is 52.9 Å². The molecule has 1 unspecified atom stereocenters. The maximum absolute atomic E-state index is 11.6. The normalized spacial score (nSPS) is 11.6. The number of hydrogen-bond donors (Lipinski definition) is 1. The number of nitriles is 1. The first-order valence-electron chi connectivity index (χ1n) is 4.51. The molecule has 0 saturated heterocycles. The van der Waals surface area contributed by atoms with E-state index in [1.165, 1.54) is 0 Å². The van der Waals surface area contributed by atoms with E-state index in [-0.39, 0.29) is 5.91 Å². The van der Waals surface area contributed by atoms with Gasteiger partial charge < -0.3 is 5.32 Å². The lowest BCUT2D eigenvalue weighted by molar-refractivity contribution is 0.0947. The van der Waals surface area contributed by atoms with Crippen molar-refractivity contribution in [3.63, 3.8) is 0 Å². The Kier molecular flexibility index (Phi) is 3.87. The van der Waals surface area contributed by atoms with Crippen LogP contribution in [0.4, 0.5) is 0 Å². The van der Waals surface area contributed by atoms with Gasteiger partial charge in [0.1, 0.15) is 6.04 Å². The molecular formula is C11H11BrN2O. The maximum Gasteiger partial charge on any atom is 0.252 e. The number of aryl methyl sites for hydroxylation is 1. The lowest BCUT2D eigenvalue weighted by Crippen LogP contribution is -2.31. The Hall–Kier alpha value is -1.34. The molecule has 1 amide bonds. The van der Waals surface area contributed by atoms with Crippen LogP contribution in [0, 0.1) is 18.3 Å². The fourth-order valence-corrected chi connectivity index (χ4v) is 1.34. The summed E-state index contributed by atoms with van der Waals surface area (Å²) < 4.78 is 0.965. The van der Waals surface area contributed by atoms with Gasteiger partial charge in [-0.25, -0.2) is 0 Å². The molecule has 0 aliphatic carbocycles. The summed E-state index contributed by atoms with van der Waals surface area (Å²) in [5.41, 5.74) is 1.56. The van der Waals surface area contributed by atoms with E-state index in [2.05, 4.69) is 21.2 Å². The highest BCUT2D eigenvalue weighted by Crippen LogP contribution is 2.16. The van der Waals surface area contributed by atoms with Crippen LogP contribution < -0.4 is 5.32 Å². The minimum atomic E-state index is -0.471. The fourth-order valence-electron chi connectivity index (χ4n) is 1.10. The molecule has 0 saturated carbocycles. The maximum atomic E-state index is 11.6. The van der Waals surface area contributed by atoms with Crippen LogP contribution in [-0.4, -0.2) is 11.9 Å². The lowest BCUT2D eigenvalue weighted by atomic mass is 10.1. The van der Waals surface area contributed by atoms with Gasteiger partial charge in [-0.2, -0.15) is 5.26 Å². The Labute approximate surface area is 97.2 Å². The van der Waals surface area contributed by atoms with E-state index in [0.717, 1.165) is 10.0 Å². The van der Waals surface area contributed by atoms with Crippen molar-refractivity contribution in [1.29, 1.82) is 5.26 Å². The minimum Gasteiger partial charge on any atom is -0.337 e. The zero-order valence-electron chi connectivity index (χ0n) is 8.54. The van der Waals surface area contributed by atoms with Gasteiger partial charge in [-0.1, -0.05) is 15.9 Å². The van der Waals surface area contributed by atoms with Gasteiger partial charge >= 0.3 is 0 Å². The van der Waals surface area contributed by atoms with Crippen molar-refractivity contribution in [2.45, 2.75) is 19.9 Å². The SMILES string of the molecule is Cc1cc(C(=O)NC(C)C#N)ccc1Br. The summed E-state index contributed by atoms with van der Waals surface area (Å²) in [5, 5.41) is 11.1. The standard InChI is InChI=1S/C11H11BrN2O/c1-7-5-9(3-4-10(7)12)11(15)14-8(2)6-13/h3-5,8H,1-2H3,(H,14,15). The second-order valence-corrected chi connectivity index (χ2v) is 4.14. The molecule has 1 N–H and O–H groups in total. The summed E-state index contributed by atoms with van der Waals surface area (Å²) in [6, 6.07) is 6.80. The molecular weight excluding hydrogens is 256 g/mol. The first kappa shape index (κ1) is 11.7. The monoisotopic (exact) mass is 266 g/mol. The zero-order chi connectivity index (χ0) is 11.4. The van der Waals surface area contributed by atoms with Gasteiger partial charge in [0.2, 0.25) is 0 Å². The number of amides is 1. The van der Waals surface area contributed by atoms with Gasteiger partial charge in [-0.05, 0) is 37.6 Å². The van der Waals surface area contributed by atoms with E-state index in [4.69, 9.17) is 5.26 Å². The molecule has 0 heterocycles. The van der Waals surface area contributed by atoms with Gasteiger partial charge in [-0.15, -0.1) is 0 Å².